The first-order valence-electron chi connectivity index (χ1n) is 7.94. The molecule has 0 fully saturated rings. The van der Waals surface area contributed by atoms with Crippen molar-refractivity contribution in [2.75, 3.05) is 5.32 Å². The van der Waals surface area contributed by atoms with Crippen molar-refractivity contribution in [1.82, 2.24) is 4.98 Å². The van der Waals surface area contributed by atoms with Crippen molar-refractivity contribution in [3.8, 4) is 6.07 Å². The molecule has 3 aromatic rings. The second kappa shape index (κ2) is 7.45. The molecule has 26 heavy (non-hydrogen) atoms. The molecule has 0 saturated heterocycles. The fraction of sp³-hybridized carbons (Fsp3) is 0.100. The number of para-hydroxylation sites is 1. The van der Waals surface area contributed by atoms with Crippen molar-refractivity contribution in [3.05, 3.63) is 71.9 Å². The highest BCUT2D eigenvalue weighted by atomic mass is 16.5. The third-order valence-corrected chi connectivity index (χ3v) is 3.72. The summed E-state index contributed by atoms with van der Waals surface area (Å²) in [5, 5.41) is 12.4. The third kappa shape index (κ3) is 3.84. The summed E-state index contributed by atoms with van der Waals surface area (Å²) in [6, 6.07) is 19.2. The zero-order chi connectivity index (χ0) is 18.5. The lowest BCUT2D eigenvalue weighted by atomic mass is 10.2. The summed E-state index contributed by atoms with van der Waals surface area (Å²) in [6.07, 6.45) is -1.01. The number of rotatable bonds is 4. The van der Waals surface area contributed by atoms with Crippen LogP contribution in [0.5, 0.6) is 0 Å². The fourth-order valence-electron chi connectivity index (χ4n) is 2.36. The largest absolute Gasteiger partial charge is 0.448 e. The molecule has 0 radical (unpaired) electrons. The Balaban J connectivity index is 1.67. The smallest absolute Gasteiger partial charge is 0.357 e. The van der Waals surface area contributed by atoms with E-state index >= 15 is 0 Å². The van der Waals surface area contributed by atoms with Crippen LogP contribution < -0.4 is 5.32 Å². The summed E-state index contributed by atoms with van der Waals surface area (Å²) >= 11 is 0. The van der Waals surface area contributed by atoms with Crippen LogP contribution in [0.3, 0.4) is 0 Å². The van der Waals surface area contributed by atoms with Crippen LogP contribution in [0.2, 0.25) is 0 Å². The fourth-order valence-corrected chi connectivity index (χ4v) is 2.36. The van der Waals surface area contributed by atoms with Crippen LogP contribution in [-0.4, -0.2) is 23.0 Å². The van der Waals surface area contributed by atoms with E-state index in [9.17, 15) is 9.59 Å². The minimum Gasteiger partial charge on any atom is -0.448 e. The molecule has 0 saturated carbocycles. The van der Waals surface area contributed by atoms with Gasteiger partial charge in [-0.1, -0.05) is 30.3 Å². The monoisotopic (exact) mass is 345 g/mol. The average molecular weight is 345 g/mol. The van der Waals surface area contributed by atoms with Gasteiger partial charge in [-0.05, 0) is 37.3 Å². The van der Waals surface area contributed by atoms with E-state index in [1.54, 1.807) is 36.4 Å². The molecule has 0 spiro atoms. The molecule has 0 aliphatic heterocycles. The highest BCUT2D eigenvalue weighted by molar-refractivity contribution is 5.97. The van der Waals surface area contributed by atoms with Crippen molar-refractivity contribution in [3.63, 3.8) is 0 Å². The lowest BCUT2D eigenvalue weighted by Gasteiger charge is -2.13. The Morgan fingerprint density at radius 3 is 2.73 bits per heavy atom. The van der Waals surface area contributed by atoms with Crippen molar-refractivity contribution in [2.24, 2.45) is 0 Å². The first-order valence-corrected chi connectivity index (χ1v) is 7.94. The number of hydrogen-bond acceptors (Lipinski definition) is 5. The Kier molecular flexibility index (Phi) is 4.90. The number of amides is 1. The minimum atomic E-state index is -1.01. The maximum atomic E-state index is 12.2. The van der Waals surface area contributed by atoms with E-state index in [2.05, 4.69) is 10.3 Å². The molecule has 6 heteroatoms. The molecule has 1 aromatic heterocycles. The van der Waals surface area contributed by atoms with Gasteiger partial charge in [0.1, 0.15) is 5.69 Å². The maximum Gasteiger partial charge on any atom is 0.357 e. The van der Waals surface area contributed by atoms with Crippen LogP contribution in [0.4, 0.5) is 5.69 Å². The van der Waals surface area contributed by atoms with Gasteiger partial charge in [0, 0.05) is 11.1 Å². The van der Waals surface area contributed by atoms with Gasteiger partial charge >= 0.3 is 5.97 Å². The van der Waals surface area contributed by atoms with Crippen LogP contribution in [0, 0.1) is 11.3 Å². The number of nitriles is 1. The van der Waals surface area contributed by atoms with Crippen molar-refractivity contribution < 1.29 is 14.3 Å². The zero-order valence-corrected chi connectivity index (χ0v) is 14.0. The normalized spacial score (nSPS) is 11.4. The number of carbonyl (C=O) groups excluding carboxylic acids is 2. The van der Waals surface area contributed by atoms with E-state index in [1.165, 1.54) is 13.0 Å². The van der Waals surface area contributed by atoms with Crippen LogP contribution >= 0.6 is 0 Å². The van der Waals surface area contributed by atoms with E-state index in [1.807, 2.05) is 24.3 Å². The molecule has 1 atom stereocenters. The van der Waals surface area contributed by atoms with Crippen LogP contribution in [0.25, 0.3) is 10.9 Å². The molecule has 2 aromatic carbocycles. The molecule has 128 valence electrons. The summed E-state index contributed by atoms with van der Waals surface area (Å²) < 4.78 is 5.20. The Labute approximate surface area is 150 Å². The van der Waals surface area contributed by atoms with Gasteiger partial charge < -0.3 is 10.1 Å². The maximum absolute atomic E-state index is 12.2. The molecule has 0 aliphatic carbocycles. The number of hydrogen-bond donors (Lipinski definition) is 1. The Hall–Kier alpha value is -3.72. The predicted octanol–water partition coefficient (Wildman–Crippen LogP) is 3.29. The van der Waals surface area contributed by atoms with Gasteiger partial charge in [-0.2, -0.15) is 5.26 Å². The van der Waals surface area contributed by atoms with Crippen molar-refractivity contribution in [1.29, 1.82) is 5.26 Å². The topological polar surface area (TPSA) is 92.1 Å². The molecule has 0 aliphatic rings. The van der Waals surface area contributed by atoms with Crippen LogP contribution in [-0.2, 0) is 9.53 Å². The van der Waals surface area contributed by atoms with Crippen molar-refractivity contribution >= 4 is 28.5 Å². The van der Waals surface area contributed by atoms with Gasteiger partial charge in [-0.15, -0.1) is 0 Å². The number of carbonyl (C=O) groups is 2. The first-order chi connectivity index (χ1) is 12.6. The Morgan fingerprint density at radius 2 is 1.92 bits per heavy atom. The van der Waals surface area contributed by atoms with Gasteiger partial charge in [0.15, 0.2) is 6.10 Å². The van der Waals surface area contributed by atoms with E-state index < -0.39 is 18.0 Å². The number of ether oxygens (including phenoxy) is 1. The molecule has 0 bridgehead atoms. The van der Waals surface area contributed by atoms with E-state index in [-0.39, 0.29) is 5.69 Å². The second-order valence-corrected chi connectivity index (χ2v) is 5.62. The van der Waals surface area contributed by atoms with Crippen LogP contribution in [0.1, 0.15) is 23.0 Å². The number of aromatic nitrogens is 1. The third-order valence-electron chi connectivity index (χ3n) is 3.72. The number of benzene rings is 2. The van der Waals surface area contributed by atoms with E-state index in [0.717, 1.165) is 5.39 Å². The van der Waals surface area contributed by atoms with Gasteiger partial charge in [-0.3, -0.25) is 4.79 Å². The highest BCUT2D eigenvalue weighted by Crippen LogP contribution is 2.14. The van der Waals surface area contributed by atoms with Crippen LogP contribution in [0.15, 0.2) is 60.7 Å². The quantitative estimate of drug-likeness (QED) is 0.733. The molecule has 1 amide bonds. The molecular formula is C20H15N3O3. The molecule has 6 nitrogen and oxygen atoms in total. The lowest BCUT2D eigenvalue weighted by Crippen LogP contribution is -2.30. The predicted molar refractivity (Wildman–Crippen MR) is 96.4 cm³/mol. The summed E-state index contributed by atoms with van der Waals surface area (Å²) in [5.74, 6) is -1.17. The summed E-state index contributed by atoms with van der Waals surface area (Å²) in [7, 11) is 0. The van der Waals surface area contributed by atoms with Gasteiger partial charge in [0.2, 0.25) is 0 Å². The van der Waals surface area contributed by atoms with Crippen molar-refractivity contribution in [2.45, 2.75) is 13.0 Å². The van der Waals surface area contributed by atoms with Gasteiger partial charge in [-0.25, -0.2) is 9.78 Å². The number of pyridine rings is 1. The highest BCUT2D eigenvalue weighted by Gasteiger charge is 2.20. The molecule has 3 rings (SSSR count). The average Bonchev–Trinajstić information content (AvgIpc) is 2.67. The van der Waals surface area contributed by atoms with E-state index in [0.29, 0.717) is 16.8 Å². The molecular weight excluding hydrogens is 330 g/mol. The Morgan fingerprint density at radius 1 is 1.12 bits per heavy atom. The minimum absolute atomic E-state index is 0.134. The number of esters is 1. The zero-order valence-electron chi connectivity index (χ0n) is 14.0. The van der Waals surface area contributed by atoms with Gasteiger partial charge in [0.05, 0.1) is 17.1 Å². The SMILES string of the molecule is C[C@@H](OC(=O)c1ccc2ccccc2n1)C(=O)Nc1cccc(C#N)c1. The summed E-state index contributed by atoms with van der Waals surface area (Å²) in [4.78, 5) is 28.7. The number of nitrogens with zero attached hydrogens (tertiary/aromatic N) is 2. The second-order valence-electron chi connectivity index (χ2n) is 5.62. The molecule has 1 N–H and O–H groups in total. The lowest BCUT2D eigenvalue weighted by molar-refractivity contribution is -0.123. The van der Waals surface area contributed by atoms with E-state index in [4.69, 9.17) is 10.00 Å². The number of nitrogens with one attached hydrogen (secondary N) is 1. The summed E-state index contributed by atoms with van der Waals surface area (Å²) in [6.45, 7) is 1.47. The number of anilines is 1. The van der Waals surface area contributed by atoms with Gasteiger partial charge in [0.25, 0.3) is 5.91 Å². The first kappa shape index (κ1) is 17.1. The number of fused-ring (bicyclic) bond motifs is 1. The Bertz CT molecular complexity index is 1020. The standard InChI is InChI=1S/C20H15N3O3/c1-13(19(24)22-16-7-4-5-14(11-16)12-21)26-20(25)18-10-9-15-6-2-3-8-17(15)23-18/h2-11,13H,1H3,(H,22,24)/t13-/m1/s1. The molecule has 0 unspecified atom stereocenters. The summed E-state index contributed by atoms with van der Waals surface area (Å²) in [5.41, 5.74) is 1.69. The molecule has 1 heterocycles.